The van der Waals surface area contributed by atoms with Crippen LogP contribution in [0.4, 0.5) is 11.5 Å². The molecule has 1 aliphatic carbocycles. The number of carbonyl (C=O) groups excluding carboxylic acids is 1. The lowest BCUT2D eigenvalue weighted by atomic mass is 10.1. The van der Waals surface area contributed by atoms with Crippen LogP contribution >= 0.6 is 11.3 Å². The van der Waals surface area contributed by atoms with E-state index in [4.69, 9.17) is 4.98 Å². The predicted molar refractivity (Wildman–Crippen MR) is 126 cm³/mol. The van der Waals surface area contributed by atoms with E-state index in [9.17, 15) is 9.59 Å². The van der Waals surface area contributed by atoms with Gasteiger partial charge in [0.05, 0.1) is 17.2 Å². The van der Waals surface area contributed by atoms with E-state index in [-0.39, 0.29) is 11.6 Å². The van der Waals surface area contributed by atoms with Crippen LogP contribution in [0.5, 0.6) is 0 Å². The number of rotatable bonds is 4. The Morgan fingerprint density at radius 3 is 2.50 bits per heavy atom. The molecule has 0 bridgehead atoms. The van der Waals surface area contributed by atoms with E-state index in [1.54, 1.807) is 20.8 Å². The second-order valence-corrected chi connectivity index (χ2v) is 9.49. The van der Waals surface area contributed by atoms with Crippen LogP contribution in [0.1, 0.15) is 39.7 Å². The summed E-state index contributed by atoms with van der Waals surface area (Å²) in [5.41, 5.74) is 3.19. The van der Waals surface area contributed by atoms with Crippen molar-refractivity contribution in [2.45, 2.75) is 25.3 Å². The zero-order chi connectivity index (χ0) is 22.0. The molecule has 0 N–H and O–H groups in total. The molecule has 7 nitrogen and oxygen atoms in total. The van der Waals surface area contributed by atoms with Crippen molar-refractivity contribution in [3.05, 3.63) is 75.1 Å². The van der Waals surface area contributed by atoms with E-state index in [1.807, 2.05) is 67.5 Å². The molecule has 2 aromatic heterocycles. The summed E-state index contributed by atoms with van der Waals surface area (Å²) in [5.74, 6) is 1.05. The quantitative estimate of drug-likeness (QED) is 0.478. The van der Waals surface area contributed by atoms with Crippen molar-refractivity contribution in [3.8, 4) is 5.69 Å². The fourth-order valence-electron chi connectivity index (χ4n) is 4.27. The van der Waals surface area contributed by atoms with Crippen molar-refractivity contribution in [2.24, 2.45) is 0 Å². The average molecular weight is 444 g/mol. The molecule has 0 spiro atoms. The van der Waals surface area contributed by atoms with E-state index in [1.165, 1.54) is 0 Å². The van der Waals surface area contributed by atoms with Gasteiger partial charge in [0.1, 0.15) is 4.70 Å². The largest absolute Gasteiger partial charge is 0.361 e. The monoisotopic (exact) mass is 443 g/mol. The Kier molecular flexibility index (Phi) is 4.19. The van der Waals surface area contributed by atoms with Gasteiger partial charge < -0.3 is 9.80 Å². The maximum absolute atomic E-state index is 13.3. The number of hydrogen-bond acceptors (Lipinski definition) is 6. The molecule has 0 unspecified atom stereocenters. The average Bonchev–Trinajstić information content (AvgIpc) is 3.47. The number of carbonyl (C=O) groups is 1. The van der Waals surface area contributed by atoms with Crippen molar-refractivity contribution in [3.63, 3.8) is 0 Å². The molecule has 0 radical (unpaired) electrons. The molecule has 4 aromatic rings. The molecule has 2 aromatic carbocycles. The number of anilines is 2. The summed E-state index contributed by atoms with van der Waals surface area (Å²) < 4.78 is 2.49. The molecule has 1 saturated carbocycles. The molecular formula is C24H21N5O2S. The van der Waals surface area contributed by atoms with Crippen LogP contribution in [-0.4, -0.2) is 34.5 Å². The number of amides is 1. The van der Waals surface area contributed by atoms with E-state index in [2.05, 4.69) is 4.98 Å². The lowest BCUT2D eigenvalue weighted by Crippen LogP contribution is -2.26. The van der Waals surface area contributed by atoms with Gasteiger partial charge in [0.25, 0.3) is 5.91 Å². The minimum atomic E-state index is -0.382. The first-order valence-electron chi connectivity index (χ1n) is 10.6. The van der Waals surface area contributed by atoms with E-state index in [0.29, 0.717) is 35.2 Å². The van der Waals surface area contributed by atoms with Crippen molar-refractivity contribution in [2.75, 3.05) is 23.9 Å². The van der Waals surface area contributed by atoms with Gasteiger partial charge in [-0.3, -0.25) is 4.79 Å². The SMILES string of the molecule is CN(C)c1nc(=O)n(-c2cccc3c2CN(c2ccccc2)C3=O)c2nc(C3CC3)sc12. The number of fused-ring (bicyclic) bond motifs is 2. The Morgan fingerprint density at radius 1 is 1.00 bits per heavy atom. The minimum Gasteiger partial charge on any atom is -0.361 e. The summed E-state index contributed by atoms with van der Waals surface area (Å²) in [6.07, 6.45) is 2.27. The Morgan fingerprint density at radius 2 is 1.78 bits per heavy atom. The molecule has 8 heteroatoms. The molecule has 32 heavy (non-hydrogen) atoms. The lowest BCUT2D eigenvalue weighted by Gasteiger charge is -2.16. The second-order valence-electron chi connectivity index (χ2n) is 8.46. The summed E-state index contributed by atoms with van der Waals surface area (Å²) in [6, 6.07) is 15.1. The number of benzene rings is 2. The van der Waals surface area contributed by atoms with Gasteiger partial charge in [-0.25, -0.2) is 14.3 Å². The van der Waals surface area contributed by atoms with Gasteiger partial charge in [0, 0.05) is 36.8 Å². The molecule has 0 saturated heterocycles. The van der Waals surface area contributed by atoms with Crippen LogP contribution in [0.2, 0.25) is 0 Å². The van der Waals surface area contributed by atoms with Crippen LogP contribution in [0.3, 0.4) is 0 Å². The molecule has 1 fully saturated rings. The highest BCUT2D eigenvalue weighted by molar-refractivity contribution is 7.19. The van der Waals surface area contributed by atoms with Crippen LogP contribution in [0, 0.1) is 0 Å². The Labute approximate surface area is 188 Å². The normalized spacial score (nSPS) is 15.4. The topological polar surface area (TPSA) is 71.3 Å². The lowest BCUT2D eigenvalue weighted by molar-refractivity contribution is 0.0996. The number of nitrogens with zero attached hydrogens (tertiary/aromatic N) is 5. The summed E-state index contributed by atoms with van der Waals surface area (Å²) in [6.45, 7) is 0.400. The number of hydrogen-bond donors (Lipinski definition) is 0. The third-order valence-corrected chi connectivity index (χ3v) is 7.24. The fraction of sp³-hybridized carbons (Fsp3) is 0.250. The Hall–Kier alpha value is -3.52. The molecule has 6 rings (SSSR count). The van der Waals surface area contributed by atoms with Gasteiger partial charge in [0.15, 0.2) is 11.5 Å². The summed E-state index contributed by atoms with van der Waals surface area (Å²) in [7, 11) is 3.78. The van der Waals surface area contributed by atoms with Crippen molar-refractivity contribution < 1.29 is 4.79 Å². The Bertz CT molecular complexity index is 1440. The first kappa shape index (κ1) is 19.2. The molecule has 1 amide bonds. The third kappa shape index (κ3) is 2.86. The second kappa shape index (κ2) is 7.00. The van der Waals surface area contributed by atoms with Gasteiger partial charge in [-0.2, -0.15) is 4.98 Å². The van der Waals surface area contributed by atoms with Crippen molar-refractivity contribution >= 4 is 39.1 Å². The number of aromatic nitrogens is 3. The summed E-state index contributed by atoms with van der Waals surface area (Å²) >= 11 is 1.62. The van der Waals surface area contributed by atoms with Gasteiger partial charge >= 0.3 is 5.69 Å². The predicted octanol–water partition coefficient (Wildman–Crippen LogP) is 3.95. The summed E-state index contributed by atoms with van der Waals surface area (Å²) in [4.78, 5) is 39.3. The van der Waals surface area contributed by atoms with Gasteiger partial charge in [-0.1, -0.05) is 24.3 Å². The smallest absolute Gasteiger partial charge is 0.355 e. The molecule has 2 aliphatic rings. The Balaban J connectivity index is 1.57. The molecular weight excluding hydrogens is 422 g/mol. The highest BCUT2D eigenvalue weighted by Gasteiger charge is 2.33. The number of thiazole rings is 1. The van der Waals surface area contributed by atoms with Gasteiger partial charge in [0.2, 0.25) is 0 Å². The van der Waals surface area contributed by atoms with Crippen molar-refractivity contribution in [1.82, 2.24) is 14.5 Å². The van der Waals surface area contributed by atoms with Gasteiger partial charge in [-0.15, -0.1) is 11.3 Å². The molecule has 3 heterocycles. The maximum atomic E-state index is 13.3. The highest BCUT2D eigenvalue weighted by atomic mass is 32.1. The zero-order valence-electron chi connectivity index (χ0n) is 17.8. The minimum absolute atomic E-state index is 0.0628. The van der Waals surface area contributed by atoms with E-state index < -0.39 is 0 Å². The molecule has 1 aliphatic heterocycles. The maximum Gasteiger partial charge on any atom is 0.355 e. The van der Waals surface area contributed by atoms with Gasteiger partial charge in [-0.05, 0) is 37.1 Å². The van der Waals surface area contributed by atoms with Crippen molar-refractivity contribution in [1.29, 1.82) is 0 Å². The standard InChI is InChI=1S/C24H21N5O2S/c1-27(2)20-19-21(25-22(32-19)14-11-12-14)29(24(31)26-20)18-10-6-9-16-17(18)13-28(23(16)30)15-7-4-3-5-8-15/h3-10,14H,11-13H2,1-2H3. The number of para-hydroxylation sites is 1. The zero-order valence-corrected chi connectivity index (χ0v) is 18.6. The molecule has 160 valence electrons. The van der Waals surface area contributed by atoms with E-state index in [0.717, 1.165) is 33.8 Å². The molecule has 0 atom stereocenters. The van der Waals surface area contributed by atoms with E-state index >= 15 is 0 Å². The summed E-state index contributed by atoms with van der Waals surface area (Å²) in [5, 5.41) is 1.05. The third-order valence-electron chi connectivity index (χ3n) is 6.04. The van der Waals surface area contributed by atoms with Crippen LogP contribution in [0.15, 0.2) is 53.3 Å². The first-order valence-corrected chi connectivity index (χ1v) is 11.4. The van der Waals surface area contributed by atoms with Crippen LogP contribution in [0.25, 0.3) is 16.0 Å². The van der Waals surface area contributed by atoms with Crippen LogP contribution < -0.4 is 15.5 Å². The first-order chi connectivity index (χ1) is 15.5. The highest BCUT2D eigenvalue weighted by Crippen LogP contribution is 2.44. The van der Waals surface area contributed by atoms with Crippen LogP contribution in [-0.2, 0) is 6.54 Å². The fourth-order valence-corrected chi connectivity index (χ4v) is 5.57.